The number of aromatic nitrogens is 3. The number of piperazine rings is 1. The van der Waals surface area contributed by atoms with Gasteiger partial charge in [0.25, 0.3) is 0 Å². The molecule has 3 heterocycles. The van der Waals surface area contributed by atoms with Gasteiger partial charge >= 0.3 is 0 Å². The van der Waals surface area contributed by atoms with Crippen LogP contribution in [0.3, 0.4) is 0 Å². The van der Waals surface area contributed by atoms with Gasteiger partial charge in [0.2, 0.25) is 11.7 Å². The fourth-order valence-corrected chi connectivity index (χ4v) is 4.50. The Kier molecular flexibility index (Phi) is 7.01. The molecule has 32 heavy (non-hydrogen) atoms. The van der Waals surface area contributed by atoms with Crippen molar-refractivity contribution in [1.29, 1.82) is 0 Å². The number of hydrogen-bond donors (Lipinski definition) is 0. The van der Waals surface area contributed by atoms with Crippen LogP contribution in [-0.2, 0) is 4.79 Å². The molecule has 9 nitrogen and oxygen atoms in total. The van der Waals surface area contributed by atoms with E-state index in [0.29, 0.717) is 33.9 Å². The summed E-state index contributed by atoms with van der Waals surface area (Å²) >= 11 is 1.35. The summed E-state index contributed by atoms with van der Waals surface area (Å²) in [5, 5.41) is 9.28. The van der Waals surface area contributed by atoms with Crippen molar-refractivity contribution < 1.29 is 18.7 Å². The monoisotopic (exact) mass is 457 g/mol. The Morgan fingerprint density at radius 3 is 2.59 bits per heavy atom. The van der Waals surface area contributed by atoms with Crippen LogP contribution in [0, 0.1) is 0 Å². The van der Waals surface area contributed by atoms with E-state index in [-0.39, 0.29) is 11.7 Å². The van der Waals surface area contributed by atoms with Gasteiger partial charge in [0.15, 0.2) is 10.9 Å². The molecule has 2 aromatic heterocycles. The van der Waals surface area contributed by atoms with E-state index in [1.54, 1.807) is 26.5 Å². The summed E-state index contributed by atoms with van der Waals surface area (Å²) in [5.41, 5.74) is 0.703. The summed E-state index contributed by atoms with van der Waals surface area (Å²) in [6.07, 6.45) is 1.59. The maximum absolute atomic E-state index is 12.8. The molecule has 0 aliphatic carbocycles. The highest BCUT2D eigenvalue weighted by molar-refractivity contribution is 7.99. The number of nitrogens with zero attached hydrogens (tertiary/aromatic N) is 5. The van der Waals surface area contributed by atoms with E-state index in [0.717, 1.165) is 32.7 Å². The Hall–Kier alpha value is -2.98. The molecule has 0 bridgehead atoms. The maximum Gasteiger partial charge on any atom is 0.233 e. The maximum atomic E-state index is 12.8. The minimum Gasteiger partial charge on any atom is -0.497 e. The molecule has 1 amide bonds. The second kappa shape index (κ2) is 10.1. The van der Waals surface area contributed by atoms with Gasteiger partial charge in [-0.2, -0.15) is 0 Å². The lowest BCUT2D eigenvalue weighted by Gasteiger charge is -2.34. The van der Waals surface area contributed by atoms with E-state index < -0.39 is 0 Å². The highest BCUT2D eigenvalue weighted by Crippen LogP contribution is 2.35. The normalized spacial score (nSPS) is 14.5. The zero-order valence-corrected chi connectivity index (χ0v) is 19.3. The first-order valence-corrected chi connectivity index (χ1v) is 11.5. The Bertz CT molecular complexity index is 1040. The third kappa shape index (κ3) is 4.61. The van der Waals surface area contributed by atoms with Gasteiger partial charge in [0, 0.05) is 32.2 Å². The van der Waals surface area contributed by atoms with E-state index in [9.17, 15) is 4.79 Å². The molecule has 4 rings (SSSR count). The number of carbonyl (C=O) groups is 1. The lowest BCUT2D eigenvalue weighted by atomic mass is 10.2. The van der Waals surface area contributed by atoms with Gasteiger partial charge in [-0.1, -0.05) is 18.7 Å². The van der Waals surface area contributed by atoms with Gasteiger partial charge in [-0.25, -0.2) is 0 Å². The average Bonchev–Trinajstić information content (AvgIpc) is 3.52. The van der Waals surface area contributed by atoms with E-state index in [2.05, 4.69) is 22.0 Å². The summed E-state index contributed by atoms with van der Waals surface area (Å²) in [7, 11) is 3.21. The van der Waals surface area contributed by atoms with E-state index in [1.807, 2.05) is 33.7 Å². The number of methoxy groups -OCH3 is 2. The van der Waals surface area contributed by atoms with Crippen molar-refractivity contribution >= 4 is 17.7 Å². The molecule has 10 heteroatoms. The molecule has 170 valence electrons. The number of amides is 1. The first-order chi connectivity index (χ1) is 15.6. The largest absolute Gasteiger partial charge is 0.497 e. The molecule has 0 spiro atoms. The van der Waals surface area contributed by atoms with Crippen LogP contribution in [0.15, 0.2) is 46.2 Å². The molecule has 1 aliphatic rings. The van der Waals surface area contributed by atoms with E-state index in [1.165, 1.54) is 11.8 Å². The highest BCUT2D eigenvalue weighted by atomic mass is 32.2. The van der Waals surface area contributed by atoms with Gasteiger partial charge < -0.3 is 23.7 Å². The molecular weight excluding hydrogens is 430 g/mol. The van der Waals surface area contributed by atoms with Crippen molar-refractivity contribution in [2.45, 2.75) is 12.1 Å². The SMILES string of the molecule is CCN1CCN(C(=O)CSc2nnc(-c3ccco3)n2-c2cc(OC)ccc2OC)CC1. The standard InChI is InChI=1S/C22H27N5O4S/c1-4-25-9-11-26(12-10-25)20(28)15-32-22-24-23-21(19-6-5-13-31-19)27(22)17-14-16(29-2)7-8-18(17)30-3/h5-8,13-14H,4,9-12,15H2,1-3H3. The summed E-state index contributed by atoms with van der Waals surface area (Å²) in [4.78, 5) is 17.1. The molecule has 1 aliphatic heterocycles. The first kappa shape index (κ1) is 22.2. The van der Waals surface area contributed by atoms with Gasteiger partial charge in [-0.15, -0.1) is 10.2 Å². The van der Waals surface area contributed by atoms with Crippen LogP contribution >= 0.6 is 11.8 Å². The Balaban J connectivity index is 1.62. The number of likely N-dealkylation sites (N-methyl/N-ethyl adjacent to an activating group) is 1. The van der Waals surface area contributed by atoms with Crippen molar-refractivity contribution in [2.24, 2.45) is 0 Å². The zero-order chi connectivity index (χ0) is 22.5. The van der Waals surface area contributed by atoms with Gasteiger partial charge in [-0.3, -0.25) is 9.36 Å². The summed E-state index contributed by atoms with van der Waals surface area (Å²) in [6, 6.07) is 9.12. The van der Waals surface area contributed by atoms with E-state index in [4.69, 9.17) is 13.9 Å². The lowest BCUT2D eigenvalue weighted by molar-refractivity contribution is -0.130. The van der Waals surface area contributed by atoms with Crippen molar-refractivity contribution in [3.63, 3.8) is 0 Å². The molecule has 0 N–H and O–H groups in total. The van der Waals surface area contributed by atoms with Crippen molar-refractivity contribution in [3.05, 3.63) is 36.6 Å². The van der Waals surface area contributed by atoms with Crippen molar-refractivity contribution in [1.82, 2.24) is 24.6 Å². The predicted molar refractivity (Wildman–Crippen MR) is 122 cm³/mol. The van der Waals surface area contributed by atoms with Crippen LogP contribution in [0.1, 0.15) is 6.92 Å². The predicted octanol–water partition coefficient (Wildman–Crippen LogP) is 2.80. The first-order valence-electron chi connectivity index (χ1n) is 10.5. The minimum absolute atomic E-state index is 0.0949. The van der Waals surface area contributed by atoms with E-state index >= 15 is 0 Å². The van der Waals surface area contributed by atoms with Gasteiger partial charge in [0.05, 0.1) is 31.9 Å². The number of rotatable bonds is 8. The van der Waals surface area contributed by atoms with Crippen LogP contribution in [-0.4, -0.2) is 83.2 Å². The molecule has 0 atom stereocenters. The van der Waals surface area contributed by atoms with Crippen LogP contribution in [0.5, 0.6) is 11.5 Å². The number of furan rings is 1. The summed E-state index contributed by atoms with van der Waals surface area (Å²) in [6.45, 7) is 6.48. The summed E-state index contributed by atoms with van der Waals surface area (Å²) in [5.74, 6) is 2.75. The number of carbonyl (C=O) groups excluding carboxylic acids is 1. The second-order valence-electron chi connectivity index (χ2n) is 7.26. The molecule has 0 radical (unpaired) electrons. The Morgan fingerprint density at radius 2 is 1.94 bits per heavy atom. The van der Waals surface area contributed by atoms with Gasteiger partial charge in [0.1, 0.15) is 11.5 Å². The van der Waals surface area contributed by atoms with Crippen LogP contribution in [0.2, 0.25) is 0 Å². The van der Waals surface area contributed by atoms with Crippen molar-refractivity contribution in [2.75, 3.05) is 52.7 Å². The van der Waals surface area contributed by atoms with Crippen LogP contribution < -0.4 is 9.47 Å². The van der Waals surface area contributed by atoms with Crippen molar-refractivity contribution in [3.8, 4) is 28.8 Å². The topological polar surface area (TPSA) is 85.9 Å². The number of ether oxygens (including phenoxy) is 2. The molecular formula is C22H27N5O4S. The minimum atomic E-state index is 0.0949. The summed E-state index contributed by atoms with van der Waals surface area (Å²) < 4.78 is 18.4. The number of hydrogen-bond acceptors (Lipinski definition) is 8. The zero-order valence-electron chi connectivity index (χ0n) is 18.5. The molecule has 1 saturated heterocycles. The quantitative estimate of drug-likeness (QED) is 0.478. The fourth-order valence-electron chi connectivity index (χ4n) is 3.65. The van der Waals surface area contributed by atoms with Crippen LogP contribution in [0.25, 0.3) is 17.3 Å². The lowest BCUT2D eigenvalue weighted by Crippen LogP contribution is -2.49. The third-order valence-electron chi connectivity index (χ3n) is 5.50. The highest BCUT2D eigenvalue weighted by Gasteiger charge is 2.24. The third-order valence-corrected chi connectivity index (χ3v) is 6.41. The molecule has 3 aromatic rings. The van der Waals surface area contributed by atoms with Crippen LogP contribution in [0.4, 0.5) is 0 Å². The smallest absolute Gasteiger partial charge is 0.233 e. The van der Waals surface area contributed by atoms with Gasteiger partial charge in [-0.05, 0) is 30.8 Å². The Labute approximate surface area is 191 Å². The molecule has 1 fully saturated rings. The molecule has 0 unspecified atom stereocenters. The molecule has 0 saturated carbocycles. The molecule has 1 aromatic carbocycles. The average molecular weight is 458 g/mol. The number of benzene rings is 1. The fraction of sp³-hybridized carbons (Fsp3) is 0.409. The number of thioether (sulfide) groups is 1. The second-order valence-corrected chi connectivity index (χ2v) is 8.20. The Morgan fingerprint density at radius 1 is 1.12 bits per heavy atom.